The van der Waals surface area contributed by atoms with Gasteiger partial charge in [0.1, 0.15) is 11.9 Å². The van der Waals surface area contributed by atoms with Gasteiger partial charge >= 0.3 is 0 Å². The molecule has 0 aliphatic carbocycles. The van der Waals surface area contributed by atoms with Crippen LogP contribution < -0.4 is 0 Å². The standard InChI is InChI=1S/C11H13FO2/c1-2-3-10(13)11(14)8-4-6-9(12)7-5-8/h4-7,10,13H,2-3H2,1H3. The molecule has 0 aliphatic heterocycles. The lowest BCUT2D eigenvalue weighted by Crippen LogP contribution is -2.19. The van der Waals surface area contributed by atoms with Crippen LogP contribution in [0.4, 0.5) is 4.39 Å². The van der Waals surface area contributed by atoms with E-state index in [0.717, 1.165) is 6.42 Å². The molecule has 1 aromatic carbocycles. The molecular weight excluding hydrogens is 183 g/mol. The van der Waals surface area contributed by atoms with Crippen molar-refractivity contribution in [1.82, 2.24) is 0 Å². The molecule has 1 rings (SSSR count). The number of benzene rings is 1. The van der Waals surface area contributed by atoms with E-state index >= 15 is 0 Å². The molecule has 0 amide bonds. The Morgan fingerprint density at radius 3 is 2.50 bits per heavy atom. The maximum absolute atomic E-state index is 12.5. The van der Waals surface area contributed by atoms with Gasteiger partial charge in [-0.05, 0) is 30.7 Å². The lowest BCUT2D eigenvalue weighted by molar-refractivity contribution is 0.0729. The Morgan fingerprint density at radius 2 is 2.00 bits per heavy atom. The molecule has 0 radical (unpaired) electrons. The normalized spacial score (nSPS) is 12.5. The lowest BCUT2D eigenvalue weighted by Gasteiger charge is -2.07. The summed E-state index contributed by atoms with van der Waals surface area (Å²) in [7, 11) is 0. The van der Waals surface area contributed by atoms with Gasteiger partial charge in [0.25, 0.3) is 0 Å². The van der Waals surface area contributed by atoms with Crippen LogP contribution in [0.2, 0.25) is 0 Å². The lowest BCUT2D eigenvalue weighted by atomic mass is 10.0. The fraction of sp³-hybridized carbons (Fsp3) is 0.364. The summed E-state index contributed by atoms with van der Waals surface area (Å²) in [5.41, 5.74) is 0.354. The number of carbonyl (C=O) groups excluding carboxylic acids is 1. The van der Waals surface area contributed by atoms with Gasteiger partial charge in [-0.2, -0.15) is 0 Å². The van der Waals surface area contributed by atoms with E-state index in [1.807, 2.05) is 6.92 Å². The zero-order chi connectivity index (χ0) is 10.6. The molecular formula is C11H13FO2. The Labute approximate surface area is 82.4 Å². The van der Waals surface area contributed by atoms with Crippen LogP contribution in [0, 0.1) is 5.82 Å². The van der Waals surface area contributed by atoms with E-state index in [9.17, 15) is 14.3 Å². The maximum atomic E-state index is 12.5. The number of aliphatic hydroxyl groups excluding tert-OH is 1. The smallest absolute Gasteiger partial charge is 0.191 e. The van der Waals surface area contributed by atoms with Gasteiger partial charge in [-0.1, -0.05) is 13.3 Å². The second-order valence-electron chi connectivity index (χ2n) is 3.18. The van der Waals surface area contributed by atoms with Crippen LogP contribution in [-0.4, -0.2) is 17.0 Å². The molecule has 0 saturated heterocycles. The molecule has 0 aliphatic rings. The summed E-state index contributed by atoms with van der Waals surface area (Å²) in [4.78, 5) is 11.5. The van der Waals surface area contributed by atoms with Crippen molar-refractivity contribution in [2.45, 2.75) is 25.9 Å². The molecule has 1 N–H and O–H groups in total. The number of rotatable bonds is 4. The number of carbonyl (C=O) groups is 1. The largest absolute Gasteiger partial charge is 0.385 e. The Hall–Kier alpha value is -1.22. The molecule has 0 aromatic heterocycles. The van der Waals surface area contributed by atoms with Crippen molar-refractivity contribution in [1.29, 1.82) is 0 Å². The van der Waals surface area contributed by atoms with Crippen molar-refractivity contribution in [2.24, 2.45) is 0 Å². The molecule has 1 aromatic rings. The summed E-state index contributed by atoms with van der Waals surface area (Å²) in [5, 5.41) is 9.40. The zero-order valence-corrected chi connectivity index (χ0v) is 8.03. The highest BCUT2D eigenvalue weighted by Gasteiger charge is 2.15. The van der Waals surface area contributed by atoms with Crippen LogP contribution in [0.3, 0.4) is 0 Å². The average molecular weight is 196 g/mol. The minimum atomic E-state index is -0.967. The molecule has 1 unspecified atom stereocenters. The minimum absolute atomic E-state index is 0.341. The molecule has 1 atom stereocenters. The van der Waals surface area contributed by atoms with Gasteiger partial charge in [-0.25, -0.2) is 4.39 Å². The summed E-state index contributed by atoms with van der Waals surface area (Å²) in [6, 6.07) is 5.20. The third-order valence-electron chi connectivity index (χ3n) is 1.99. The quantitative estimate of drug-likeness (QED) is 0.749. The Morgan fingerprint density at radius 1 is 1.43 bits per heavy atom. The van der Waals surface area contributed by atoms with Crippen LogP contribution in [0.15, 0.2) is 24.3 Å². The molecule has 0 heterocycles. The number of aliphatic hydroxyl groups is 1. The first-order valence-electron chi connectivity index (χ1n) is 4.63. The third-order valence-corrected chi connectivity index (χ3v) is 1.99. The van der Waals surface area contributed by atoms with Crippen molar-refractivity contribution < 1.29 is 14.3 Å². The van der Waals surface area contributed by atoms with Crippen molar-refractivity contribution in [3.63, 3.8) is 0 Å². The van der Waals surface area contributed by atoms with Gasteiger partial charge in [-0.3, -0.25) is 4.79 Å². The number of ketones is 1. The van der Waals surface area contributed by atoms with E-state index in [1.54, 1.807) is 0 Å². The van der Waals surface area contributed by atoms with Crippen molar-refractivity contribution >= 4 is 5.78 Å². The van der Waals surface area contributed by atoms with Crippen molar-refractivity contribution in [2.75, 3.05) is 0 Å². The predicted octanol–water partition coefficient (Wildman–Crippen LogP) is 2.17. The van der Waals surface area contributed by atoms with Crippen LogP contribution in [0.5, 0.6) is 0 Å². The third kappa shape index (κ3) is 2.64. The summed E-state index contributed by atoms with van der Waals surface area (Å²) >= 11 is 0. The minimum Gasteiger partial charge on any atom is -0.385 e. The second-order valence-corrected chi connectivity index (χ2v) is 3.18. The maximum Gasteiger partial charge on any atom is 0.191 e. The van der Waals surface area contributed by atoms with Crippen molar-refractivity contribution in [3.8, 4) is 0 Å². The second kappa shape index (κ2) is 4.86. The highest BCUT2D eigenvalue weighted by Crippen LogP contribution is 2.08. The Balaban J connectivity index is 2.74. The summed E-state index contributed by atoms with van der Waals surface area (Å²) in [6.07, 6.45) is 0.218. The van der Waals surface area contributed by atoms with E-state index in [2.05, 4.69) is 0 Å². The number of hydrogen-bond donors (Lipinski definition) is 1. The van der Waals surface area contributed by atoms with E-state index in [1.165, 1.54) is 24.3 Å². The molecule has 0 fully saturated rings. The number of halogens is 1. The number of hydrogen-bond acceptors (Lipinski definition) is 2. The molecule has 14 heavy (non-hydrogen) atoms. The first-order chi connectivity index (χ1) is 6.65. The molecule has 0 bridgehead atoms. The van der Waals surface area contributed by atoms with E-state index in [-0.39, 0.29) is 11.6 Å². The van der Waals surface area contributed by atoms with Crippen molar-refractivity contribution in [3.05, 3.63) is 35.6 Å². The van der Waals surface area contributed by atoms with E-state index in [0.29, 0.717) is 12.0 Å². The van der Waals surface area contributed by atoms with E-state index in [4.69, 9.17) is 0 Å². The first-order valence-corrected chi connectivity index (χ1v) is 4.63. The SMILES string of the molecule is CCCC(O)C(=O)c1ccc(F)cc1. The molecule has 76 valence electrons. The van der Waals surface area contributed by atoms with Gasteiger partial charge in [0.15, 0.2) is 5.78 Å². The van der Waals surface area contributed by atoms with Crippen LogP contribution in [-0.2, 0) is 0 Å². The number of Topliss-reactive ketones (excluding diaryl/α,β-unsaturated/α-hetero) is 1. The molecule has 2 nitrogen and oxygen atoms in total. The van der Waals surface area contributed by atoms with Crippen LogP contribution >= 0.6 is 0 Å². The molecule has 3 heteroatoms. The summed E-state index contributed by atoms with van der Waals surface area (Å²) in [6.45, 7) is 1.89. The molecule has 0 spiro atoms. The Bertz CT molecular complexity index is 306. The summed E-state index contributed by atoms with van der Waals surface area (Å²) < 4.78 is 12.5. The Kier molecular flexibility index (Phi) is 3.77. The first kappa shape index (κ1) is 10.9. The fourth-order valence-electron chi connectivity index (χ4n) is 1.21. The molecule has 0 saturated carbocycles. The highest BCUT2D eigenvalue weighted by atomic mass is 19.1. The predicted molar refractivity (Wildman–Crippen MR) is 51.6 cm³/mol. The topological polar surface area (TPSA) is 37.3 Å². The van der Waals surface area contributed by atoms with E-state index < -0.39 is 6.10 Å². The zero-order valence-electron chi connectivity index (χ0n) is 8.03. The van der Waals surface area contributed by atoms with Crippen LogP contribution in [0.25, 0.3) is 0 Å². The average Bonchev–Trinajstić information content (AvgIpc) is 2.18. The van der Waals surface area contributed by atoms with Crippen LogP contribution in [0.1, 0.15) is 30.1 Å². The highest BCUT2D eigenvalue weighted by molar-refractivity contribution is 5.99. The fourth-order valence-corrected chi connectivity index (χ4v) is 1.21. The van der Waals surface area contributed by atoms with Gasteiger partial charge in [0.05, 0.1) is 0 Å². The monoisotopic (exact) mass is 196 g/mol. The van der Waals surface area contributed by atoms with Gasteiger partial charge in [-0.15, -0.1) is 0 Å². The van der Waals surface area contributed by atoms with Gasteiger partial charge in [0.2, 0.25) is 0 Å². The van der Waals surface area contributed by atoms with Gasteiger partial charge in [0, 0.05) is 5.56 Å². The summed E-state index contributed by atoms with van der Waals surface area (Å²) in [5.74, 6) is -0.724. The van der Waals surface area contributed by atoms with Gasteiger partial charge < -0.3 is 5.11 Å².